The Bertz CT molecular complexity index is 1160. The summed E-state index contributed by atoms with van der Waals surface area (Å²) in [6, 6.07) is 28.6. The molecule has 0 aliphatic rings. The van der Waals surface area contributed by atoms with Crippen molar-refractivity contribution >= 4 is 24.0 Å². The summed E-state index contributed by atoms with van der Waals surface area (Å²) in [5.41, 5.74) is 3.76. The zero-order valence-electron chi connectivity index (χ0n) is 20.3. The molecular formula is C29H31N3O3. The normalized spacial score (nSPS) is 12.7. The number of hydrogen-bond donors (Lipinski definition) is 2. The molecule has 0 aromatic heterocycles. The minimum atomic E-state index is -0.701. The van der Waals surface area contributed by atoms with E-state index in [1.807, 2.05) is 104 Å². The highest BCUT2D eigenvalue weighted by molar-refractivity contribution is 6.03. The summed E-state index contributed by atoms with van der Waals surface area (Å²) in [4.78, 5) is 29.8. The van der Waals surface area contributed by atoms with E-state index in [4.69, 9.17) is 9.73 Å². The molecule has 3 aromatic carbocycles. The van der Waals surface area contributed by atoms with Gasteiger partial charge in [0.05, 0.1) is 6.04 Å². The summed E-state index contributed by atoms with van der Waals surface area (Å²) in [6.07, 6.45) is 1.34. The number of nitrogens with zero attached hydrogens (tertiary/aromatic N) is 1. The van der Waals surface area contributed by atoms with E-state index in [9.17, 15) is 9.59 Å². The molecule has 0 radical (unpaired) electrons. The van der Waals surface area contributed by atoms with Crippen molar-refractivity contribution in [3.05, 3.63) is 113 Å². The van der Waals surface area contributed by atoms with Crippen LogP contribution in [0.4, 0.5) is 4.79 Å². The molecule has 35 heavy (non-hydrogen) atoms. The molecule has 1 atom stereocenters. The fraction of sp³-hybridized carbons (Fsp3) is 0.207. The fourth-order valence-electron chi connectivity index (χ4n) is 3.31. The molecule has 0 bridgehead atoms. The molecule has 0 saturated heterocycles. The summed E-state index contributed by atoms with van der Waals surface area (Å²) in [5.74, 6) is -0.515. The Kier molecular flexibility index (Phi) is 9.37. The highest BCUT2D eigenvalue weighted by atomic mass is 16.5. The quantitative estimate of drug-likeness (QED) is 0.335. The molecular weight excluding hydrogens is 438 g/mol. The number of alkyl carbamates (subject to hydrolysis) is 1. The number of benzene rings is 3. The molecule has 6 nitrogen and oxygen atoms in total. The zero-order valence-corrected chi connectivity index (χ0v) is 20.3. The van der Waals surface area contributed by atoms with Gasteiger partial charge in [-0.3, -0.25) is 15.4 Å². The van der Waals surface area contributed by atoms with Crippen LogP contribution in [0.15, 0.2) is 102 Å². The summed E-state index contributed by atoms with van der Waals surface area (Å²) in [7, 11) is 0. The molecule has 1 unspecified atom stereocenters. The molecule has 180 valence electrons. The summed E-state index contributed by atoms with van der Waals surface area (Å²) in [6.45, 7) is 5.63. The summed E-state index contributed by atoms with van der Waals surface area (Å²) < 4.78 is 5.35. The molecule has 0 heterocycles. The van der Waals surface area contributed by atoms with Crippen molar-refractivity contribution < 1.29 is 14.3 Å². The second-order valence-electron chi connectivity index (χ2n) is 8.42. The lowest BCUT2D eigenvalue weighted by atomic mass is 9.98. The minimum absolute atomic E-state index is 0.0384. The largest absolute Gasteiger partial charge is 0.444 e. The molecule has 2 amide bonds. The third kappa shape index (κ3) is 8.27. The molecule has 0 saturated carbocycles. The Morgan fingerprint density at radius 1 is 0.857 bits per heavy atom. The smallest absolute Gasteiger partial charge is 0.414 e. The Balaban J connectivity index is 1.90. The topological polar surface area (TPSA) is 79.8 Å². The van der Waals surface area contributed by atoms with Crippen LogP contribution in [-0.4, -0.2) is 18.0 Å². The van der Waals surface area contributed by atoms with Crippen LogP contribution in [-0.2, 0) is 16.1 Å². The average Bonchev–Trinajstić information content (AvgIpc) is 2.87. The number of nitrogens with one attached hydrogen (secondary N) is 2. The van der Waals surface area contributed by atoms with Crippen LogP contribution in [0.2, 0.25) is 0 Å². The van der Waals surface area contributed by atoms with Gasteiger partial charge in [0.15, 0.2) is 0 Å². The van der Waals surface area contributed by atoms with E-state index in [0.29, 0.717) is 0 Å². The highest BCUT2D eigenvalue weighted by Crippen LogP contribution is 2.27. The second kappa shape index (κ2) is 12.9. The molecule has 3 rings (SSSR count). The number of aliphatic imine (C=N–C) groups is 1. The SMILES string of the molecule is C/C(=C\c1ccccc1)C(N=C(NC(=O)OCc1ccccc1)NC(=O)C(C)C)c1ccccc1. The van der Waals surface area contributed by atoms with Gasteiger partial charge in [-0.25, -0.2) is 9.79 Å². The predicted molar refractivity (Wildman–Crippen MR) is 139 cm³/mol. The third-order valence-corrected chi connectivity index (χ3v) is 5.20. The highest BCUT2D eigenvalue weighted by Gasteiger charge is 2.18. The first-order valence-corrected chi connectivity index (χ1v) is 11.6. The molecule has 0 aliphatic carbocycles. The van der Waals surface area contributed by atoms with Crippen molar-refractivity contribution in [2.45, 2.75) is 33.4 Å². The lowest BCUT2D eigenvalue weighted by Crippen LogP contribution is -2.45. The lowest BCUT2D eigenvalue weighted by Gasteiger charge is -2.18. The van der Waals surface area contributed by atoms with Crippen LogP contribution in [0.1, 0.15) is 43.5 Å². The van der Waals surface area contributed by atoms with Crippen molar-refractivity contribution in [1.82, 2.24) is 10.6 Å². The van der Waals surface area contributed by atoms with Crippen LogP contribution in [0.3, 0.4) is 0 Å². The fourth-order valence-corrected chi connectivity index (χ4v) is 3.31. The van der Waals surface area contributed by atoms with Gasteiger partial charge < -0.3 is 4.74 Å². The monoisotopic (exact) mass is 469 g/mol. The van der Waals surface area contributed by atoms with E-state index in [1.165, 1.54) is 0 Å². The number of ether oxygens (including phenoxy) is 1. The maximum absolute atomic E-state index is 12.6. The second-order valence-corrected chi connectivity index (χ2v) is 8.42. The van der Waals surface area contributed by atoms with Gasteiger partial charge in [0.2, 0.25) is 11.9 Å². The number of rotatable bonds is 7. The van der Waals surface area contributed by atoms with Crippen molar-refractivity contribution in [1.29, 1.82) is 0 Å². The van der Waals surface area contributed by atoms with Gasteiger partial charge >= 0.3 is 6.09 Å². The van der Waals surface area contributed by atoms with Gasteiger partial charge in [-0.05, 0) is 29.2 Å². The number of carbonyl (C=O) groups excluding carboxylic acids is 2. The Morgan fingerprint density at radius 3 is 2.03 bits per heavy atom. The van der Waals surface area contributed by atoms with Crippen LogP contribution < -0.4 is 10.6 Å². The average molecular weight is 470 g/mol. The van der Waals surface area contributed by atoms with Crippen molar-refractivity contribution in [2.75, 3.05) is 0 Å². The number of amides is 2. The molecule has 6 heteroatoms. The van der Waals surface area contributed by atoms with Gasteiger partial charge in [-0.2, -0.15) is 0 Å². The van der Waals surface area contributed by atoms with Crippen LogP contribution in [0.25, 0.3) is 6.08 Å². The van der Waals surface area contributed by atoms with Gasteiger partial charge in [0.25, 0.3) is 0 Å². The van der Waals surface area contributed by atoms with E-state index in [1.54, 1.807) is 13.8 Å². The van der Waals surface area contributed by atoms with Crippen LogP contribution in [0, 0.1) is 5.92 Å². The first kappa shape index (κ1) is 25.4. The number of carbonyl (C=O) groups is 2. The molecule has 0 spiro atoms. The zero-order chi connectivity index (χ0) is 25.0. The standard InChI is InChI=1S/C29H31N3O3/c1-21(2)27(33)31-28(32-29(34)35-20-24-15-9-5-10-16-24)30-26(25-17-11-6-12-18-25)22(3)19-23-13-7-4-8-14-23/h4-19,21,26H,20H2,1-3H3,(H2,30,31,32,33,34)/b22-19+. The third-order valence-electron chi connectivity index (χ3n) is 5.20. The molecule has 3 aromatic rings. The Morgan fingerprint density at radius 2 is 1.43 bits per heavy atom. The Hall–Kier alpha value is -4.19. The molecule has 2 N–H and O–H groups in total. The van der Waals surface area contributed by atoms with Crippen LogP contribution in [0.5, 0.6) is 0 Å². The lowest BCUT2D eigenvalue weighted by molar-refractivity contribution is -0.122. The van der Waals surface area contributed by atoms with E-state index in [0.717, 1.165) is 22.3 Å². The minimum Gasteiger partial charge on any atom is -0.444 e. The van der Waals surface area contributed by atoms with Crippen molar-refractivity contribution in [2.24, 2.45) is 10.9 Å². The van der Waals surface area contributed by atoms with E-state index in [2.05, 4.69) is 10.6 Å². The van der Waals surface area contributed by atoms with Crippen LogP contribution >= 0.6 is 0 Å². The molecule has 0 fully saturated rings. The van der Waals surface area contributed by atoms with Gasteiger partial charge in [-0.15, -0.1) is 0 Å². The van der Waals surface area contributed by atoms with Gasteiger partial charge in [0, 0.05) is 5.92 Å². The first-order chi connectivity index (χ1) is 16.9. The van der Waals surface area contributed by atoms with Gasteiger partial charge in [-0.1, -0.05) is 111 Å². The predicted octanol–water partition coefficient (Wildman–Crippen LogP) is 5.89. The maximum Gasteiger partial charge on any atom is 0.414 e. The summed E-state index contributed by atoms with van der Waals surface area (Å²) >= 11 is 0. The van der Waals surface area contributed by atoms with Gasteiger partial charge in [0.1, 0.15) is 6.61 Å². The maximum atomic E-state index is 12.6. The molecule has 0 aliphatic heterocycles. The van der Waals surface area contributed by atoms with E-state index < -0.39 is 12.1 Å². The summed E-state index contributed by atoms with van der Waals surface area (Å²) in [5, 5.41) is 5.36. The van der Waals surface area contributed by atoms with Crippen molar-refractivity contribution in [3.63, 3.8) is 0 Å². The number of guanidine groups is 1. The Labute approximate surface area is 206 Å². The first-order valence-electron chi connectivity index (χ1n) is 11.6. The van der Waals surface area contributed by atoms with E-state index in [-0.39, 0.29) is 24.4 Å². The van der Waals surface area contributed by atoms with Crippen molar-refractivity contribution in [3.8, 4) is 0 Å². The van der Waals surface area contributed by atoms with E-state index >= 15 is 0 Å². The number of hydrogen-bond acceptors (Lipinski definition) is 4.